The van der Waals surface area contributed by atoms with Crippen molar-refractivity contribution in [3.8, 4) is 0 Å². The summed E-state index contributed by atoms with van der Waals surface area (Å²) in [6.45, 7) is 9.09. The van der Waals surface area contributed by atoms with Gasteiger partial charge in [-0.3, -0.25) is 4.79 Å². The molecule has 0 bridgehead atoms. The monoisotopic (exact) mass is 231 g/mol. The normalized spacial score (nSPS) is 10.3. The molecule has 0 unspecified atom stereocenters. The number of carbonyl (C=O) groups is 1. The van der Waals surface area contributed by atoms with Gasteiger partial charge in [0.05, 0.1) is 6.54 Å². The van der Waals surface area contributed by atoms with E-state index in [1.54, 1.807) is 0 Å². The van der Waals surface area contributed by atoms with Crippen molar-refractivity contribution in [3.05, 3.63) is 0 Å². The third kappa shape index (κ3) is 9.46. The van der Waals surface area contributed by atoms with Crippen molar-refractivity contribution in [1.29, 1.82) is 0 Å². The van der Waals surface area contributed by atoms with Crippen LogP contribution >= 0.6 is 12.2 Å². The van der Waals surface area contributed by atoms with Crippen molar-refractivity contribution in [1.82, 2.24) is 16.0 Å². The maximum Gasteiger partial charge on any atom is 0.239 e. The van der Waals surface area contributed by atoms with Gasteiger partial charge in [-0.15, -0.1) is 0 Å². The zero-order valence-electron chi connectivity index (χ0n) is 9.89. The average Bonchev–Trinajstić information content (AvgIpc) is 2.10. The first-order chi connectivity index (χ1) is 6.91. The summed E-state index contributed by atoms with van der Waals surface area (Å²) < 4.78 is 0. The lowest BCUT2D eigenvalue weighted by atomic mass is 10.2. The molecule has 0 radical (unpaired) electrons. The lowest BCUT2D eigenvalue weighted by Crippen LogP contribution is -2.44. The topological polar surface area (TPSA) is 53.2 Å². The third-order valence-electron chi connectivity index (χ3n) is 1.53. The van der Waals surface area contributed by atoms with Crippen LogP contribution in [0.2, 0.25) is 0 Å². The fraction of sp³-hybridized carbons (Fsp3) is 0.800. The first-order valence-electron chi connectivity index (χ1n) is 5.23. The number of thiocarbonyl (C=S) groups is 1. The van der Waals surface area contributed by atoms with Gasteiger partial charge in [0.2, 0.25) is 5.91 Å². The molecule has 0 atom stereocenters. The summed E-state index contributed by atoms with van der Waals surface area (Å²) in [6, 6.07) is 0.163. The van der Waals surface area contributed by atoms with Gasteiger partial charge in [-0.25, -0.2) is 0 Å². The van der Waals surface area contributed by atoms with Gasteiger partial charge in [-0.2, -0.15) is 0 Å². The van der Waals surface area contributed by atoms with E-state index in [-0.39, 0.29) is 18.5 Å². The molecule has 0 aromatic heterocycles. The minimum absolute atomic E-state index is 0.0429. The fourth-order valence-electron chi connectivity index (χ4n) is 0.893. The fourth-order valence-corrected chi connectivity index (χ4v) is 1.05. The van der Waals surface area contributed by atoms with E-state index < -0.39 is 0 Å². The molecule has 0 aliphatic heterocycles. The number of carbonyl (C=O) groups excluding carboxylic acids is 1. The SMILES string of the molecule is CC(C)CNC(=S)NCC(=O)NC(C)C. The van der Waals surface area contributed by atoms with E-state index >= 15 is 0 Å². The molecule has 0 rings (SSSR count). The van der Waals surface area contributed by atoms with Crippen LogP contribution < -0.4 is 16.0 Å². The van der Waals surface area contributed by atoms with E-state index in [0.29, 0.717) is 11.0 Å². The molecule has 0 aromatic carbocycles. The largest absolute Gasteiger partial charge is 0.362 e. The third-order valence-corrected chi connectivity index (χ3v) is 1.82. The number of hydrogen-bond acceptors (Lipinski definition) is 2. The highest BCUT2D eigenvalue weighted by molar-refractivity contribution is 7.80. The quantitative estimate of drug-likeness (QED) is 0.608. The summed E-state index contributed by atoms with van der Waals surface area (Å²) in [7, 11) is 0. The minimum Gasteiger partial charge on any atom is -0.362 e. The highest BCUT2D eigenvalue weighted by Gasteiger charge is 2.03. The molecular weight excluding hydrogens is 210 g/mol. The van der Waals surface area contributed by atoms with Gasteiger partial charge in [-0.1, -0.05) is 13.8 Å². The molecule has 0 aliphatic carbocycles. The van der Waals surface area contributed by atoms with Crippen molar-refractivity contribution in [2.24, 2.45) is 5.92 Å². The number of amides is 1. The Morgan fingerprint density at radius 1 is 1.20 bits per heavy atom. The predicted octanol–water partition coefficient (Wildman–Crippen LogP) is 0.631. The first kappa shape index (κ1) is 14.2. The highest BCUT2D eigenvalue weighted by Crippen LogP contribution is 1.86. The van der Waals surface area contributed by atoms with Crippen molar-refractivity contribution in [2.75, 3.05) is 13.1 Å². The summed E-state index contributed by atoms with van der Waals surface area (Å²) in [5.74, 6) is 0.493. The summed E-state index contributed by atoms with van der Waals surface area (Å²) >= 11 is 5.00. The van der Waals surface area contributed by atoms with Crippen LogP contribution in [-0.2, 0) is 4.79 Å². The molecule has 4 nitrogen and oxygen atoms in total. The van der Waals surface area contributed by atoms with E-state index in [2.05, 4.69) is 29.8 Å². The Hall–Kier alpha value is -0.840. The average molecular weight is 231 g/mol. The molecule has 88 valence electrons. The summed E-state index contributed by atoms with van der Waals surface area (Å²) in [5, 5.41) is 9.19. The van der Waals surface area contributed by atoms with Crippen LogP contribution in [0.3, 0.4) is 0 Å². The van der Waals surface area contributed by atoms with Crippen LogP contribution in [0.15, 0.2) is 0 Å². The first-order valence-corrected chi connectivity index (χ1v) is 5.63. The smallest absolute Gasteiger partial charge is 0.239 e. The number of hydrogen-bond donors (Lipinski definition) is 3. The van der Waals surface area contributed by atoms with E-state index in [0.717, 1.165) is 6.54 Å². The molecule has 0 saturated heterocycles. The maximum absolute atomic E-state index is 11.2. The Labute approximate surface area is 97.2 Å². The van der Waals surface area contributed by atoms with Crippen molar-refractivity contribution < 1.29 is 4.79 Å². The van der Waals surface area contributed by atoms with Crippen molar-refractivity contribution >= 4 is 23.2 Å². The Morgan fingerprint density at radius 2 is 1.80 bits per heavy atom. The Bertz CT molecular complexity index is 217. The van der Waals surface area contributed by atoms with E-state index in [1.807, 2.05) is 13.8 Å². The van der Waals surface area contributed by atoms with Crippen molar-refractivity contribution in [3.63, 3.8) is 0 Å². The van der Waals surface area contributed by atoms with Gasteiger partial charge in [0.1, 0.15) is 0 Å². The molecule has 0 aliphatic rings. The molecule has 1 amide bonds. The van der Waals surface area contributed by atoms with Gasteiger partial charge in [-0.05, 0) is 32.0 Å². The van der Waals surface area contributed by atoms with Gasteiger partial charge in [0.15, 0.2) is 5.11 Å². The highest BCUT2D eigenvalue weighted by atomic mass is 32.1. The van der Waals surface area contributed by atoms with Crippen LogP contribution in [0, 0.1) is 5.92 Å². The lowest BCUT2D eigenvalue weighted by molar-refractivity contribution is -0.120. The molecule has 15 heavy (non-hydrogen) atoms. The summed E-state index contributed by atoms with van der Waals surface area (Å²) in [6.07, 6.45) is 0. The van der Waals surface area contributed by atoms with Gasteiger partial charge >= 0.3 is 0 Å². The lowest BCUT2D eigenvalue weighted by Gasteiger charge is -2.13. The van der Waals surface area contributed by atoms with Crippen LogP contribution in [0.25, 0.3) is 0 Å². The molecular formula is C10H21N3OS. The standard InChI is InChI=1S/C10H21N3OS/c1-7(2)5-11-10(15)12-6-9(14)13-8(3)4/h7-8H,5-6H2,1-4H3,(H,13,14)(H2,11,12,15). The molecule has 0 aromatic rings. The zero-order chi connectivity index (χ0) is 11.8. The van der Waals surface area contributed by atoms with E-state index in [4.69, 9.17) is 12.2 Å². The van der Waals surface area contributed by atoms with Crippen LogP contribution in [-0.4, -0.2) is 30.2 Å². The number of nitrogens with one attached hydrogen (secondary N) is 3. The molecule has 0 heterocycles. The van der Waals surface area contributed by atoms with Gasteiger partial charge in [0.25, 0.3) is 0 Å². The van der Waals surface area contributed by atoms with Crippen LogP contribution in [0.4, 0.5) is 0 Å². The van der Waals surface area contributed by atoms with E-state index in [1.165, 1.54) is 0 Å². The summed E-state index contributed by atoms with van der Waals surface area (Å²) in [4.78, 5) is 11.2. The second-order valence-corrected chi connectivity index (χ2v) is 4.59. The van der Waals surface area contributed by atoms with Crippen LogP contribution in [0.1, 0.15) is 27.7 Å². The molecule has 0 fully saturated rings. The Balaban J connectivity index is 3.58. The Morgan fingerprint density at radius 3 is 2.27 bits per heavy atom. The van der Waals surface area contributed by atoms with Gasteiger partial charge in [0, 0.05) is 12.6 Å². The molecule has 3 N–H and O–H groups in total. The Kier molecular flexibility index (Phi) is 7.03. The second kappa shape index (κ2) is 7.45. The predicted molar refractivity (Wildman–Crippen MR) is 66.7 cm³/mol. The molecule has 0 saturated carbocycles. The molecule has 0 spiro atoms. The number of rotatable bonds is 5. The minimum atomic E-state index is -0.0429. The zero-order valence-corrected chi connectivity index (χ0v) is 10.7. The van der Waals surface area contributed by atoms with E-state index in [9.17, 15) is 4.79 Å². The molecule has 5 heteroatoms. The maximum atomic E-state index is 11.2. The van der Waals surface area contributed by atoms with Crippen LogP contribution in [0.5, 0.6) is 0 Å². The summed E-state index contributed by atoms with van der Waals surface area (Å²) in [5.41, 5.74) is 0. The van der Waals surface area contributed by atoms with Gasteiger partial charge < -0.3 is 16.0 Å². The van der Waals surface area contributed by atoms with Crippen molar-refractivity contribution in [2.45, 2.75) is 33.7 Å². The second-order valence-electron chi connectivity index (χ2n) is 4.18.